The van der Waals surface area contributed by atoms with Gasteiger partial charge in [-0.25, -0.2) is 4.39 Å². The van der Waals surface area contributed by atoms with Crippen molar-refractivity contribution in [3.05, 3.63) is 58.9 Å². The van der Waals surface area contributed by atoms with Crippen LogP contribution in [0, 0.1) is 25.1 Å². The highest BCUT2D eigenvalue weighted by atomic mass is 19.1. The molecule has 0 saturated carbocycles. The lowest BCUT2D eigenvalue weighted by atomic mass is 9.94. The summed E-state index contributed by atoms with van der Waals surface area (Å²) in [5, 5.41) is 3.17. The normalized spacial score (nSPS) is 10.1. The van der Waals surface area contributed by atoms with Crippen molar-refractivity contribution in [1.82, 2.24) is 0 Å². The zero-order valence-corrected chi connectivity index (χ0v) is 17.8. The van der Waals surface area contributed by atoms with Crippen molar-refractivity contribution >= 4 is 12.5 Å². The molecule has 2 rings (SSSR count). The molecule has 2 aromatic carbocycles. The van der Waals surface area contributed by atoms with E-state index in [4.69, 9.17) is 9.53 Å². The van der Waals surface area contributed by atoms with E-state index < -0.39 is 0 Å². The van der Waals surface area contributed by atoms with Gasteiger partial charge < -0.3 is 14.8 Å². The third kappa shape index (κ3) is 9.78. The van der Waals surface area contributed by atoms with Gasteiger partial charge >= 0.3 is 0 Å². The molecule has 0 atom stereocenters. The summed E-state index contributed by atoms with van der Waals surface area (Å²) in [4.78, 5) is 8.00. The first-order chi connectivity index (χ1) is 12.7. The summed E-state index contributed by atoms with van der Waals surface area (Å²) in [5.41, 5.74) is 4.76. The van der Waals surface area contributed by atoms with Crippen LogP contribution in [0.3, 0.4) is 0 Å². The van der Waals surface area contributed by atoms with Crippen LogP contribution >= 0.6 is 0 Å². The van der Waals surface area contributed by atoms with E-state index in [1.165, 1.54) is 18.6 Å². The van der Waals surface area contributed by atoms with Crippen molar-refractivity contribution in [3.8, 4) is 5.75 Å². The summed E-state index contributed by atoms with van der Waals surface area (Å²) < 4.78 is 18.8. The van der Waals surface area contributed by atoms with Crippen molar-refractivity contribution in [2.75, 3.05) is 12.4 Å². The van der Waals surface area contributed by atoms with Gasteiger partial charge in [0.05, 0.1) is 0 Å². The van der Waals surface area contributed by atoms with Crippen molar-refractivity contribution in [3.63, 3.8) is 0 Å². The smallest absolute Gasteiger partial charge is 0.123 e. The molecule has 0 bridgehead atoms. The van der Waals surface area contributed by atoms with E-state index in [0.717, 1.165) is 28.1 Å². The molecule has 0 unspecified atom stereocenters. The average Bonchev–Trinajstić information content (AvgIpc) is 2.61. The second kappa shape index (κ2) is 12.1. The van der Waals surface area contributed by atoms with Crippen LogP contribution in [0.1, 0.15) is 50.8 Å². The number of benzene rings is 2. The molecule has 0 aliphatic carbocycles. The van der Waals surface area contributed by atoms with Crippen molar-refractivity contribution in [2.45, 2.75) is 54.6 Å². The van der Waals surface area contributed by atoms with Gasteiger partial charge in [-0.3, -0.25) is 0 Å². The van der Waals surface area contributed by atoms with Crippen molar-refractivity contribution in [2.24, 2.45) is 5.41 Å². The minimum absolute atomic E-state index is 0.237. The molecule has 4 heteroatoms. The lowest BCUT2D eigenvalue weighted by molar-refractivity contribution is -0.0979. The van der Waals surface area contributed by atoms with Crippen molar-refractivity contribution in [1.29, 1.82) is 0 Å². The summed E-state index contributed by atoms with van der Waals surface area (Å²) >= 11 is 0. The fraction of sp³-hybridized carbons (Fsp3) is 0.435. The Labute approximate surface area is 164 Å². The SMILES string of the molecule is C=O.CCC(C)(C)C.CNc1c(C)cc(OCc2cccc(F)c2)cc1C. The molecule has 0 heterocycles. The first kappa shape index (κ1) is 24.6. The van der Waals surface area contributed by atoms with Gasteiger partial charge in [-0.05, 0) is 60.2 Å². The third-order valence-electron chi connectivity index (χ3n) is 4.11. The van der Waals surface area contributed by atoms with Crippen LogP contribution in [0.25, 0.3) is 0 Å². The maximum Gasteiger partial charge on any atom is 0.123 e. The molecule has 0 spiro atoms. The Morgan fingerprint density at radius 2 is 1.59 bits per heavy atom. The molecule has 3 nitrogen and oxygen atoms in total. The second-order valence-electron chi connectivity index (χ2n) is 7.51. The molecule has 1 N–H and O–H groups in total. The zero-order valence-electron chi connectivity index (χ0n) is 17.8. The number of ether oxygens (including phenoxy) is 1. The number of hydrogen-bond donors (Lipinski definition) is 1. The molecule has 27 heavy (non-hydrogen) atoms. The van der Waals surface area contributed by atoms with E-state index in [-0.39, 0.29) is 5.82 Å². The van der Waals surface area contributed by atoms with E-state index in [1.54, 1.807) is 6.07 Å². The van der Waals surface area contributed by atoms with Gasteiger partial charge in [0.2, 0.25) is 0 Å². The topological polar surface area (TPSA) is 38.3 Å². The molecular formula is C23H34FNO2. The Kier molecular flexibility index (Phi) is 11.0. The average molecular weight is 376 g/mol. The molecule has 2 aromatic rings. The van der Waals surface area contributed by atoms with Gasteiger partial charge in [-0.2, -0.15) is 0 Å². The summed E-state index contributed by atoms with van der Waals surface area (Å²) in [6, 6.07) is 10.4. The molecule has 0 radical (unpaired) electrons. The first-order valence-corrected chi connectivity index (χ1v) is 9.11. The summed E-state index contributed by atoms with van der Waals surface area (Å²) in [6.45, 7) is 15.4. The second-order valence-corrected chi connectivity index (χ2v) is 7.51. The third-order valence-corrected chi connectivity index (χ3v) is 4.11. The van der Waals surface area contributed by atoms with E-state index >= 15 is 0 Å². The number of rotatable bonds is 4. The van der Waals surface area contributed by atoms with Gasteiger partial charge in [-0.15, -0.1) is 0 Å². The number of aryl methyl sites for hydroxylation is 2. The molecule has 0 aromatic heterocycles. The first-order valence-electron chi connectivity index (χ1n) is 9.11. The molecule has 0 amide bonds. The maximum atomic E-state index is 13.1. The van der Waals surface area contributed by atoms with Crippen LogP contribution in [0.5, 0.6) is 5.75 Å². The quantitative estimate of drug-likeness (QED) is 0.679. The Morgan fingerprint density at radius 1 is 1.07 bits per heavy atom. The monoisotopic (exact) mass is 375 g/mol. The van der Waals surface area contributed by atoms with Crippen LogP contribution in [-0.4, -0.2) is 13.8 Å². The molecule has 0 fully saturated rings. The lowest BCUT2D eigenvalue weighted by Gasteiger charge is -2.13. The largest absolute Gasteiger partial charge is 0.489 e. The van der Waals surface area contributed by atoms with Gasteiger partial charge in [-0.1, -0.05) is 46.2 Å². The van der Waals surface area contributed by atoms with Crippen LogP contribution in [-0.2, 0) is 11.4 Å². The molecule has 150 valence electrons. The fourth-order valence-electron chi connectivity index (χ4n) is 2.19. The van der Waals surface area contributed by atoms with E-state index in [1.807, 2.05) is 45.9 Å². The molecule has 0 aliphatic rings. The van der Waals surface area contributed by atoms with E-state index in [0.29, 0.717) is 12.0 Å². The predicted molar refractivity (Wildman–Crippen MR) is 113 cm³/mol. The van der Waals surface area contributed by atoms with E-state index in [9.17, 15) is 4.39 Å². The Balaban J connectivity index is 0.000000722. The fourth-order valence-corrected chi connectivity index (χ4v) is 2.19. The predicted octanol–water partition coefficient (Wildman–Crippen LogP) is 6.32. The van der Waals surface area contributed by atoms with Crippen molar-refractivity contribution < 1.29 is 13.9 Å². The number of carbonyl (C=O) groups excluding carboxylic acids is 1. The summed E-state index contributed by atoms with van der Waals surface area (Å²) in [6.07, 6.45) is 1.27. The standard InChI is InChI=1S/C16H18FNO.C6H14.CH2O/c1-11-7-15(8-12(2)16(11)18-3)19-10-13-5-4-6-14(17)9-13;1-5-6(2,3)4;1-2/h4-9,18H,10H2,1-3H3;5H2,1-4H3;1H2. The Morgan fingerprint density at radius 3 is 2.00 bits per heavy atom. The summed E-state index contributed by atoms with van der Waals surface area (Å²) in [5.74, 6) is 0.567. The number of hydrogen-bond acceptors (Lipinski definition) is 3. The van der Waals surface area contributed by atoms with Gasteiger partial charge in [0.1, 0.15) is 25.0 Å². The Hall–Kier alpha value is -2.36. The van der Waals surface area contributed by atoms with Crippen LogP contribution < -0.4 is 10.1 Å². The van der Waals surface area contributed by atoms with E-state index in [2.05, 4.69) is 33.0 Å². The number of anilines is 1. The molecule has 0 aliphatic heterocycles. The highest BCUT2D eigenvalue weighted by Gasteiger charge is 2.05. The summed E-state index contributed by atoms with van der Waals surface area (Å²) in [7, 11) is 1.91. The van der Waals surface area contributed by atoms with Crippen LogP contribution in [0.15, 0.2) is 36.4 Å². The van der Waals surface area contributed by atoms with Gasteiger partial charge in [0, 0.05) is 12.7 Å². The minimum Gasteiger partial charge on any atom is -0.489 e. The molecule has 0 saturated heterocycles. The molecular weight excluding hydrogens is 341 g/mol. The minimum atomic E-state index is -0.237. The highest BCUT2D eigenvalue weighted by Crippen LogP contribution is 2.26. The Bertz CT molecular complexity index is 670. The number of nitrogens with one attached hydrogen (secondary N) is 1. The van der Waals surface area contributed by atoms with Gasteiger partial charge in [0.15, 0.2) is 0 Å². The van der Waals surface area contributed by atoms with Gasteiger partial charge in [0.25, 0.3) is 0 Å². The number of carbonyl (C=O) groups is 1. The number of halogens is 1. The van der Waals surface area contributed by atoms with Crippen LogP contribution in [0.4, 0.5) is 10.1 Å². The van der Waals surface area contributed by atoms with Crippen LogP contribution in [0.2, 0.25) is 0 Å². The lowest BCUT2D eigenvalue weighted by Crippen LogP contribution is -2.00. The highest BCUT2D eigenvalue weighted by molar-refractivity contribution is 5.59. The zero-order chi connectivity index (χ0) is 21.0. The maximum absolute atomic E-state index is 13.1.